The topological polar surface area (TPSA) is 266 Å². The molecule has 18 nitrogen and oxygen atoms in total. The number of methoxy groups -OCH3 is 1. The molecule has 1 aliphatic rings. The Kier molecular flexibility index (Phi) is 21.9. The number of hydrogen-bond acceptors (Lipinski definition) is 14. The average molecular weight is 1000 g/mol. The quantitative estimate of drug-likeness (QED) is 0.0307. The highest BCUT2D eigenvalue weighted by atomic mass is 35.5. The van der Waals surface area contributed by atoms with Gasteiger partial charge >= 0.3 is 17.9 Å². The smallest absolute Gasteiger partial charge is 0.336 e. The number of carbonyl (C=O) groups excluding carboxylic acids is 3. The number of halogens is 1. The van der Waals surface area contributed by atoms with Crippen LogP contribution in [0.15, 0.2) is 131 Å². The zero-order chi connectivity index (χ0) is 51.4. The molecule has 5 aromatic rings. The second kappa shape index (κ2) is 27.4. The van der Waals surface area contributed by atoms with E-state index in [1.807, 2.05) is 69.3 Å². The number of tetrazole rings is 1. The van der Waals surface area contributed by atoms with Gasteiger partial charge in [0.1, 0.15) is 6.04 Å². The van der Waals surface area contributed by atoms with Crippen molar-refractivity contribution < 1.29 is 51.5 Å². The molecule has 1 amide bonds. The molecule has 70 heavy (non-hydrogen) atoms. The monoisotopic (exact) mass is 1000 g/mol. The average Bonchev–Trinajstić information content (AvgIpc) is 3.89. The van der Waals surface area contributed by atoms with Gasteiger partial charge in [0.15, 0.2) is 0 Å². The predicted octanol–water partition coefficient (Wildman–Crippen LogP) is 7.36. The fraction of sp³-hybridized carbons (Fsp3) is 0.340. The first kappa shape index (κ1) is 55.8. The number of benzene rings is 4. The van der Waals surface area contributed by atoms with Crippen molar-refractivity contribution in [2.75, 3.05) is 33.5 Å². The van der Waals surface area contributed by atoms with Crippen molar-refractivity contribution in [1.82, 2.24) is 30.8 Å². The number of esters is 2. The van der Waals surface area contributed by atoms with Crippen molar-refractivity contribution in [3.8, 4) is 22.5 Å². The van der Waals surface area contributed by atoms with Crippen molar-refractivity contribution in [3.63, 3.8) is 0 Å². The van der Waals surface area contributed by atoms with Crippen LogP contribution < -0.4 is 11.1 Å². The second-order valence-electron chi connectivity index (χ2n) is 16.0. The number of aromatic amines is 1. The summed E-state index contributed by atoms with van der Waals surface area (Å²) >= 11 is 6.42. The summed E-state index contributed by atoms with van der Waals surface area (Å²) in [5.41, 5.74) is 11.4. The molecule has 0 saturated heterocycles. The molecule has 20 heteroatoms. The summed E-state index contributed by atoms with van der Waals surface area (Å²) in [6, 6.07) is 29.2. The lowest BCUT2D eigenvalue weighted by molar-refractivity contribution is -0.153. The number of nitrogens with one attached hydrogen (secondary N) is 2. The van der Waals surface area contributed by atoms with Crippen molar-refractivity contribution in [3.05, 3.63) is 142 Å². The maximum Gasteiger partial charge on any atom is 0.336 e. The molecule has 1 aromatic heterocycles. The van der Waals surface area contributed by atoms with Gasteiger partial charge in [-0.2, -0.15) is 13.6 Å². The normalized spacial score (nSPS) is 13.8. The summed E-state index contributed by atoms with van der Waals surface area (Å²) in [4.78, 5) is 51.7. The van der Waals surface area contributed by atoms with Crippen LogP contribution in [0.2, 0.25) is 5.02 Å². The third kappa shape index (κ3) is 15.4. The summed E-state index contributed by atoms with van der Waals surface area (Å²) in [5, 5.41) is 27.6. The molecule has 4 aromatic carbocycles. The van der Waals surface area contributed by atoms with E-state index >= 15 is 0 Å². The number of dihydropyridines is 1. The lowest BCUT2D eigenvalue weighted by atomic mass is 9.80. The molecule has 0 spiro atoms. The summed E-state index contributed by atoms with van der Waals surface area (Å²) in [6.07, 6.45) is 1.97. The summed E-state index contributed by atoms with van der Waals surface area (Å²) < 4.78 is 45.0. The van der Waals surface area contributed by atoms with E-state index < -0.39 is 40.0 Å². The van der Waals surface area contributed by atoms with E-state index in [1.165, 1.54) is 24.1 Å². The Morgan fingerprint density at radius 3 is 2.07 bits per heavy atom. The van der Waals surface area contributed by atoms with Crippen LogP contribution in [-0.4, -0.2) is 107 Å². The number of nitrogens with zero attached hydrogens (tertiary/aromatic N) is 4. The molecule has 0 aliphatic carbocycles. The van der Waals surface area contributed by atoms with Gasteiger partial charge in [-0.05, 0) is 71.9 Å². The summed E-state index contributed by atoms with van der Waals surface area (Å²) in [6.45, 7) is 10.3. The number of nitrogens with two attached hydrogens (primary N) is 1. The molecule has 1 unspecified atom stereocenters. The van der Waals surface area contributed by atoms with E-state index in [1.54, 1.807) is 56.3 Å². The number of aliphatic carboxylic acids is 1. The summed E-state index contributed by atoms with van der Waals surface area (Å²) in [5.74, 6) is -2.65. The molecular weight excluding hydrogens is 942 g/mol. The maximum absolute atomic E-state index is 12.9. The van der Waals surface area contributed by atoms with Gasteiger partial charge in [-0.25, -0.2) is 14.4 Å². The number of H-pyrrole nitrogens is 1. The number of allylic oxidation sites excluding steroid dienone is 1. The fourth-order valence-electron chi connectivity index (χ4n) is 7.49. The van der Waals surface area contributed by atoms with Crippen LogP contribution >= 0.6 is 11.6 Å². The van der Waals surface area contributed by atoms with Crippen LogP contribution in [0.25, 0.3) is 22.5 Å². The van der Waals surface area contributed by atoms with Crippen LogP contribution in [-0.2, 0) is 50.1 Å². The second-order valence-corrected chi connectivity index (χ2v) is 17.8. The molecule has 374 valence electrons. The fourth-order valence-corrected chi connectivity index (χ4v) is 8.24. The largest absolute Gasteiger partial charge is 0.480 e. The van der Waals surface area contributed by atoms with Gasteiger partial charge in [0, 0.05) is 35.8 Å². The number of carboxylic acid groups (broad SMARTS) is 1. The van der Waals surface area contributed by atoms with Crippen LogP contribution in [0.4, 0.5) is 0 Å². The van der Waals surface area contributed by atoms with Gasteiger partial charge < -0.3 is 35.3 Å². The highest BCUT2D eigenvalue weighted by Crippen LogP contribution is 2.42. The SMILES string of the molecule is CCCCC(=O)N(Cc1ccc(-c2ccccc2-c2nn[nH]n2)cc1)[C@H](C(=O)O)C(C)C.CCOC(=O)C1=C(COCCN)NC(C)=C(C(=O)OC)C1c1ccccc1Cl.O=S(=O)(O)c1ccccc1. The number of carbonyl (C=O) groups is 4. The van der Waals surface area contributed by atoms with E-state index in [9.17, 15) is 32.7 Å². The zero-order valence-electron chi connectivity index (χ0n) is 39.9. The van der Waals surface area contributed by atoms with Crippen molar-refractivity contribution in [2.45, 2.75) is 77.3 Å². The van der Waals surface area contributed by atoms with Crippen molar-refractivity contribution in [2.24, 2.45) is 11.7 Å². The molecule has 6 rings (SSSR count). The highest BCUT2D eigenvalue weighted by Gasteiger charge is 2.40. The third-order valence-corrected chi connectivity index (χ3v) is 11.9. The molecule has 2 atom stereocenters. The first-order chi connectivity index (χ1) is 33.5. The Bertz CT molecular complexity index is 2700. The van der Waals surface area contributed by atoms with Crippen molar-refractivity contribution >= 4 is 45.5 Å². The third-order valence-electron chi connectivity index (χ3n) is 10.7. The minimum Gasteiger partial charge on any atom is -0.480 e. The Morgan fingerprint density at radius 1 is 0.886 bits per heavy atom. The molecule has 6 N–H and O–H groups in total. The van der Waals surface area contributed by atoms with Crippen LogP contribution in [0, 0.1) is 5.92 Å². The number of amides is 1. The maximum atomic E-state index is 12.9. The Labute approximate surface area is 413 Å². The van der Waals surface area contributed by atoms with Crippen LogP contribution in [0.3, 0.4) is 0 Å². The van der Waals surface area contributed by atoms with E-state index in [2.05, 4.69) is 25.9 Å². The molecule has 2 heterocycles. The number of ether oxygens (including phenoxy) is 3. The van der Waals surface area contributed by atoms with Gasteiger partial charge in [0.05, 0.1) is 54.6 Å². The van der Waals surface area contributed by atoms with Gasteiger partial charge in [-0.3, -0.25) is 9.35 Å². The van der Waals surface area contributed by atoms with E-state index in [-0.39, 0.29) is 42.1 Å². The Morgan fingerprint density at radius 2 is 1.53 bits per heavy atom. The molecular formula is C50H60ClN7O11S. The first-order valence-corrected chi connectivity index (χ1v) is 24.3. The van der Waals surface area contributed by atoms with Crippen LogP contribution in [0.5, 0.6) is 0 Å². The van der Waals surface area contributed by atoms with Crippen molar-refractivity contribution in [1.29, 1.82) is 0 Å². The van der Waals surface area contributed by atoms with Crippen LogP contribution in [0.1, 0.15) is 70.9 Å². The van der Waals surface area contributed by atoms with Gasteiger partial charge in [0.2, 0.25) is 11.7 Å². The molecule has 0 saturated carbocycles. The molecule has 0 radical (unpaired) electrons. The first-order valence-electron chi connectivity index (χ1n) is 22.4. The number of rotatable bonds is 19. The van der Waals surface area contributed by atoms with E-state index in [0.29, 0.717) is 53.0 Å². The van der Waals surface area contributed by atoms with Gasteiger partial charge in [-0.15, -0.1) is 10.2 Å². The van der Waals surface area contributed by atoms with Gasteiger partial charge in [0.25, 0.3) is 10.1 Å². The number of hydrogen-bond donors (Lipinski definition) is 5. The standard InChI is InChI=1S/C24H29N5O3.C20H25ClN2O5.C6H6O3S/c1-4-5-10-21(30)29(22(16(2)3)24(31)32)15-17-11-13-18(14-12-17)19-8-6-7-9-20(19)23-25-27-28-26-23;1-4-28-20(25)18-15(11-27-10-9-22)23-12(2)16(19(24)26-3)17(18)13-7-5-6-8-14(13)21;7-10(8,9)6-4-2-1-3-5-6/h6-9,11-14,16,22H,4-5,10,15H2,1-3H3,(H,31,32)(H,25,26,27,28);5-8,17,23H,4,9-11,22H2,1-3H3;1-5H,(H,7,8,9)/t22-;;/m0../s1. The Hall–Kier alpha value is -6.77. The molecule has 1 aliphatic heterocycles. The van der Waals surface area contributed by atoms with E-state index in [0.717, 1.165) is 35.1 Å². The lowest BCUT2D eigenvalue weighted by Crippen LogP contribution is -2.47. The zero-order valence-corrected chi connectivity index (χ0v) is 41.5. The van der Waals surface area contributed by atoms with E-state index in [4.69, 9.17) is 36.1 Å². The minimum absolute atomic E-state index is 0.0741. The highest BCUT2D eigenvalue weighted by molar-refractivity contribution is 7.85. The predicted molar refractivity (Wildman–Crippen MR) is 263 cm³/mol. The number of aromatic nitrogens is 4. The Balaban J connectivity index is 0.000000256. The molecule has 0 bridgehead atoms. The van der Waals surface area contributed by atoms with Gasteiger partial charge in [-0.1, -0.05) is 124 Å². The lowest BCUT2D eigenvalue weighted by Gasteiger charge is -2.32. The minimum atomic E-state index is -4.00. The summed E-state index contributed by atoms with van der Waals surface area (Å²) in [7, 11) is -2.71. The number of unbranched alkanes of at least 4 members (excludes halogenated alkanes) is 1. The molecule has 0 fully saturated rings. The number of carboxylic acids is 1.